The second kappa shape index (κ2) is 4.44. The largest absolute Gasteiger partial charge is 0.434 e. The zero-order valence-corrected chi connectivity index (χ0v) is 9.37. The van der Waals surface area contributed by atoms with Gasteiger partial charge in [0, 0.05) is 4.88 Å². The summed E-state index contributed by atoms with van der Waals surface area (Å²) in [6.45, 7) is 3.24. The Balaban J connectivity index is 3.15. The van der Waals surface area contributed by atoms with Crippen LogP contribution in [-0.4, -0.2) is 18.6 Å². The fourth-order valence-corrected chi connectivity index (χ4v) is 2.08. The van der Waals surface area contributed by atoms with Crippen LogP contribution >= 0.6 is 11.3 Å². The van der Waals surface area contributed by atoms with E-state index in [1.54, 1.807) is 13.8 Å². The molecule has 0 aliphatic rings. The summed E-state index contributed by atoms with van der Waals surface area (Å²) in [6, 6.07) is 0. The van der Waals surface area contributed by atoms with Crippen LogP contribution in [0.1, 0.15) is 30.3 Å². The molecule has 16 heavy (non-hydrogen) atoms. The molecule has 0 bridgehead atoms. The number of alkyl halides is 3. The fraction of sp³-hybridized carbons (Fsp3) is 0.500. The van der Waals surface area contributed by atoms with Gasteiger partial charge in [-0.15, -0.1) is 11.3 Å². The van der Waals surface area contributed by atoms with Crippen LogP contribution in [0.25, 0.3) is 0 Å². The van der Waals surface area contributed by atoms with Crippen LogP contribution < -0.4 is 5.32 Å². The van der Waals surface area contributed by atoms with Gasteiger partial charge in [0.25, 0.3) is 0 Å². The van der Waals surface area contributed by atoms with E-state index in [4.69, 9.17) is 7.85 Å². The summed E-state index contributed by atoms with van der Waals surface area (Å²) in [7, 11) is 4.80. The molecule has 0 aliphatic carbocycles. The van der Waals surface area contributed by atoms with Gasteiger partial charge in [-0.2, -0.15) is 13.2 Å². The highest BCUT2D eigenvalue weighted by Gasteiger charge is 2.38. The third-order valence-corrected chi connectivity index (χ3v) is 2.95. The second-order valence-electron chi connectivity index (χ2n) is 3.37. The molecule has 8 heteroatoms. The van der Waals surface area contributed by atoms with Gasteiger partial charge >= 0.3 is 6.18 Å². The quantitative estimate of drug-likeness (QED) is 0.817. The van der Waals surface area contributed by atoms with Crippen molar-refractivity contribution in [2.75, 3.05) is 5.32 Å². The third-order valence-electron chi connectivity index (χ3n) is 1.68. The minimum atomic E-state index is -4.52. The van der Waals surface area contributed by atoms with Gasteiger partial charge in [0.1, 0.15) is 0 Å². The molecule has 0 aromatic carbocycles. The smallest absolute Gasteiger partial charge is 0.312 e. The first-order valence-corrected chi connectivity index (χ1v) is 5.18. The van der Waals surface area contributed by atoms with Gasteiger partial charge < -0.3 is 5.32 Å². The average Bonchev–Trinajstić information content (AvgIpc) is 2.45. The highest BCUT2D eigenvalue weighted by Crippen LogP contribution is 2.39. The molecule has 0 aliphatic heterocycles. The molecule has 2 radical (unpaired) electrons. The van der Waals surface area contributed by atoms with Crippen molar-refractivity contribution in [3.05, 3.63) is 10.6 Å². The van der Waals surface area contributed by atoms with Gasteiger partial charge in [-0.05, 0) is 5.92 Å². The van der Waals surface area contributed by atoms with Crippen molar-refractivity contribution in [3.63, 3.8) is 0 Å². The van der Waals surface area contributed by atoms with E-state index in [2.05, 4.69) is 4.98 Å². The van der Waals surface area contributed by atoms with Crippen LogP contribution in [0, 0.1) is 0 Å². The Morgan fingerprint density at radius 1 is 1.50 bits per heavy atom. The van der Waals surface area contributed by atoms with E-state index >= 15 is 0 Å². The summed E-state index contributed by atoms with van der Waals surface area (Å²) in [5.74, 6) is -1.25. The predicted octanol–water partition coefficient (Wildman–Crippen LogP) is 2.99. The van der Waals surface area contributed by atoms with Crippen LogP contribution in [0.4, 0.5) is 23.1 Å². The van der Waals surface area contributed by atoms with Crippen LogP contribution in [0.3, 0.4) is 0 Å². The highest BCUT2D eigenvalue weighted by atomic mass is 32.1. The molecule has 1 aromatic rings. The number of aromatic nitrogens is 1. The summed E-state index contributed by atoms with van der Waals surface area (Å²) >= 11 is 0.780. The van der Waals surface area contributed by atoms with Gasteiger partial charge in [-0.1, -0.05) is 13.8 Å². The molecular weight excluding hydrogens is 240 g/mol. The number of halogens is 3. The minimum absolute atomic E-state index is 0.0799. The van der Waals surface area contributed by atoms with Crippen LogP contribution in [0.15, 0.2) is 0 Å². The molecule has 0 fully saturated rings. The molecule has 1 N–H and O–H groups in total. The predicted molar refractivity (Wildman–Crippen MR) is 56.0 cm³/mol. The van der Waals surface area contributed by atoms with Crippen molar-refractivity contribution in [1.82, 2.24) is 4.98 Å². The topological polar surface area (TPSA) is 42.0 Å². The number of carbonyl (C=O) groups excluding carboxylic acids is 1. The van der Waals surface area contributed by atoms with Crippen molar-refractivity contribution >= 4 is 30.1 Å². The Morgan fingerprint density at radius 2 is 2.06 bits per heavy atom. The molecule has 3 nitrogen and oxygen atoms in total. The van der Waals surface area contributed by atoms with E-state index < -0.39 is 17.7 Å². The van der Waals surface area contributed by atoms with Crippen LogP contribution in [0.5, 0.6) is 0 Å². The lowest BCUT2D eigenvalue weighted by molar-refractivity contribution is -0.141. The lowest BCUT2D eigenvalue weighted by Crippen LogP contribution is -2.11. The van der Waals surface area contributed by atoms with Gasteiger partial charge in [0.05, 0.1) is 0 Å². The molecule has 1 aromatic heterocycles. The second-order valence-corrected chi connectivity index (χ2v) is 4.40. The van der Waals surface area contributed by atoms with Gasteiger partial charge in [-0.25, -0.2) is 4.98 Å². The Hall–Kier alpha value is -1.05. The standard InChI is InChI=1S/C8H8BF3N2OS/c1-3(2)4-5(8(10,11)12)13-7(16-4)14-6(9)15/h3H,1-2H3,(H,13,14,15). The summed E-state index contributed by atoms with van der Waals surface area (Å²) < 4.78 is 37.7. The zero-order chi connectivity index (χ0) is 12.5. The van der Waals surface area contributed by atoms with Crippen LogP contribution in [-0.2, 0) is 6.18 Å². The van der Waals surface area contributed by atoms with Crippen molar-refractivity contribution in [1.29, 1.82) is 0 Å². The number of thiazole rings is 1. The summed E-state index contributed by atoms with van der Waals surface area (Å²) in [5, 5.41) is 1.90. The normalized spacial score (nSPS) is 11.9. The average molecular weight is 248 g/mol. The monoisotopic (exact) mass is 248 g/mol. The molecule has 1 amide bonds. The Bertz CT molecular complexity index is 402. The van der Waals surface area contributed by atoms with E-state index in [0.717, 1.165) is 11.3 Å². The number of amides is 1. The maximum absolute atomic E-state index is 12.6. The molecule has 0 saturated heterocycles. The lowest BCUT2D eigenvalue weighted by Gasteiger charge is -2.07. The van der Waals surface area contributed by atoms with E-state index in [1.165, 1.54) is 0 Å². The number of hydrogen-bond donors (Lipinski definition) is 1. The van der Waals surface area contributed by atoms with Gasteiger partial charge in [-0.3, -0.25) is 4.79 Å². The molecular formula is C8H8BF3N2OS. The number of nitrogens with one attached hydrogen (secondary N) is 1. The molecule has 0 saturated carbocycles. The van der Waals surface area contributed by atoms with Gasteiger partial charge in [0.15, 0.2) is 16.6 Å². The van der Waals surface area contributed by atoms with Crippen molar-refractivity contribution < 1.29 is 18.0 Å². The lowest BCUT2D eigenvalue weighted by atomic mass is 10.1. The SMILES string of the molecule is [B]C(=O)Nc1nc(C(F)(F)F)c(C(C)C)s1. The van der Waals surface area contributed by atoms with E-state index in [1.807, 2.05) is 5.32 Å². The number of anilines is 1. The zero-order valence-electron chi connectivity index (χ0n) is 8.55. The Labute approximate surface area is 95.5 Å². The molecule has 86 valence electrons. The molecule has 1 heterocycles. The van der Waals surface area contributed by atoms with Crippen molar-refractivity contribution in [2.24, 2.45) is 0 Å². The first-order valence-electron chi connectivity index (χ1n) is 4.36. The van der Waals surface area contributed by atoms with Crippen molar-refractivity contribution in [2.45, 2.75) is 25.9 Å². The molecule has 0 unspecified atom stereocenters. The Kier molecular flexibility index (Phi) is 3.62. The number of rotatable bonds is 2. The fourth-order valence-electron chi connectivity index (χ4n) is 1.09. The first-order chi connectivity index (χ1) is 7.21. The van der Waals surface area contributed by atoms with Gasteiger partial charge in [0.2, 0.25) is 7.85 Å². The van der Waals surface area contributed by atoms with E-state index in [9.17, 15) is 18.0 Å². The highest BCUT2D eigenvalue weighted by molar-refractivity contribution is 7.16. The molecule has 0 spiro atoms. The van der Waals surface area contributed by atoms with Crippen molar-refractivity contribution in [3.8, 4) is 0 Å². The maximum atomic E-state index is 12.6. The van der Waals surface area contributed by atoms with E-state index in [-0.39, 0.29) is 15.9 Å². The van der Waals surface area contributed by atoms with E-state index in [0.29, 0.717) is 0 Å². The Morgan fingerprint density at radius 3 is 2.38 bits per heavy atom. The minimum Gasteiger partial charge on any atom is -0.312 e. The third kappa shape index (κ3) is 2.97. The molecule has 1 rings (SSSR count). The summed E-state index contributed by atoms with van der Waals surface area (Å²) in [6.07, 6.45) is -4.52. The van der Waals surface area contributed by atoms with Crippen LogP contribution in [0.2, 0.25) is 0 Å². The molecule has 0 atom stereocenters. The number of carbonyl (C=O) groups is 1. The number of nitrogens with zero attached hydrogens (tertiary/aromatic N) is 1. The summed E-state index contributed by atoms with van der Waals surface area (Å²) in [5.41, 5.74) is -0.962. The maximum Gasteiger partial charge on any atom is 0.434 e. The number of hydrogen-bond acceptors (Lipinski definition) is 3. The summed E-state index contributed by atoms with van der Waals surface area (Å²) in [4.78, 5) is 13.9. The first kappa shape index (κ1) is 13.0.